The molecule has 0 saturated heterocycles. The lowest BCUT2D eigenvalue weighted by Gasteiger charge is -2.33. The van der Waals surface area contributed by atoms with E-state index < -0.39 is 0 Å². The van der Waals surface area contributed by atoms with Gasteiger partial charge in [0.25, 0.3) is 5.69 Å². The van der Waals surface area contributed by atoms with Crippen LogP contribution in [-0.4, -0.2) is 16.4 Å². The zero-order valence-corrected chi connectivity index (χ0v) is 12.6. The van der Waals surface area contributed by atoms with Crippen LogP contribution in [0.4, 0.5) is 11.4 Å². The Morgan fingerprint density at radius 2 is 2.29 bits per heavy atom. The number of benzene rings is 1. The molecule has 0 spiro atoms. The van der Waals surface area contributed by atoms with Crippen LogP contribution in [0.3, 0.4) is 0 Å². The number of hydrogen-bond acceptors (Lipinski definition) is 5. The maximum Gasteiger partial charge on any atom is 0.269 e. The van der Waals surface area contributed by atoms with Crippen LogP contribution in [0.5, 0.6) is 0 Å². The van der Waals surface area contributed by atoms with Crippen LogP contribution in [0.15, 0.2) is 29.6 Å². The minimum absolute atomic E-state index is 0.0973. The van der Waals surface area contributed by atoms with Crippen molar-refractivity contribution >= 4 is 22.7 Å². The number of nitro benzene ring substituents is 1. The largest absolute Gasteiger partial charge is 0.398 e. The Morgan fingerprint density at radius 1 is 1.48 bits per heavy atom. The molecule has 5 nitrogen and oxygen atoms in total. The molecule has 1 atom stereocenters. The van der Waals surface area contributed by atoms with Gasteiger partial charge in [-0.2, -0.15) is 0 Å². The monoisotopic (exact) mass is 303 g/mol. The van der Waals surface area contributed by atoms with Crippen LogP contribution in [0, 0.1) is 10.1 Å². The lowest BCUT2D eigenvalue weighted by molar-refractivity contribution is -0.384. The van der Waals surface area contributed by atoms with E-state index in [1.165, 1.54) is 16.5 Å². The Labute approximate surface area is 127 Å². The third kappa shape index (κ3) is 2.64. The van der Waals surface area contributed by atoms with Gasteiger partial charge in [-0.25, -0.2) is 0 Å². The average Bonchev–Trinajstić information content (AvgIpc) is 2.93. The standard InChI is InChI=1S/C15H17N3O2S/c1-10-13-5-7-21-15(13)4-6-17(10)9-11-8-12(18(19)20)2-3-14(11)16/h2-3,5,7-8,10H,4,6,9,16H2,1H3. The van der Waals surface area contributed by atoms with Gasteiger partial charge in [-0.05, 0) is 42.0 Å². The van der Waals surface area contributed by atoms with Crippen LogP contribution in [0.2, 0.25) is 0 Å². The topological polar surface area (TPSA) is 72.4 Å². The van der Waals surface area contributed by atoms with E-state index >= 15 is 0 Å². The van der Waals surface area contributed by atoms with Crippen LogP contribution < -0.4 is 5.73 Å². The summed E-state index contributed by atoms with van der Waals surface area (Å²) in [5.41, 5.74) is 8.89. The summed E-state index contributed by atoms with van der Waals surface area (Å²) >= 11 is 1.81. The highest BCUT2D eigenvalue weighted by atomic mass is 32.1. The zero-order valence-electron chi connectivity index (χ0n) is 11.8. The van der Waals surface area contributed by atoms with E-state index in [1.54, 1.807) is 23.5 Å². The molecule has 6 heteroatoms. The molecule has 1 aliphatic heterocycles. The molecule has 0 radical (unpaired) electrons. The van der Waals surface area contributed by atoms with E-state index in [1.807, 2.05) is 0 Å². The van der Waals surface area contributed by atoms with Crippen molar-refractivity contribution in [3.8, 4) is 0 Å². The third-order valence-electron chi connectivity index (χ3n) is 4.11. The first-order valence-corrected chi connectivity index (χ1v) is 7.77. The van der Waals surface area contributed by atoms with Gasteiger partial charge >= 0.3 is 0 Å². The predicted molar refractivity (Wildman–Crippen MR) is 84.4 cm³/mol. The number of rotatable bonds is 3. The Bertz CT molecular complexity index is 683. The minimum Gasteiger partial charge on any atom is -0.398 e. The van der Waals surface area contributed by atoms with Gasteiger partial charge in [0.05, 0.1) is 4.92 Å². The number of nitrogens with zero attached hydrogens (tertiary/aromatic N) is 2. The fourth-order valence-corrected chi connectivity index (χ4v) is 3.80. The second-order valence-corrected chi connectivity index (χ2v) is 6.34. The van der Waals surface area contributed by atoms with E-state index in [9.17, 15) is 10.1 Å². The van der Waals surface area contributed by atoms with Crippen molar-refractivity contribution in [1.82, 2.24) is 4.90 Å². The fourth-order valence-electron chi connectivity index (χ4n) is 2.84. The molecule has 110 valence electrons. The second kappa shape index (κ2) is 5.46. The maximum absolute atomic E-state index is 10.9. The Morgan fingerprint density at radius 3 is 3.05 bits per heavy atom. The van der Waals surface area contributed by atoms with Crippen LogP contribution >= 0.6 is 11.3 Å². The summed E-state index contributed by atoms with van der Waals surface area (Å²) in [4.78, 5) is 14.3. The molecule has 2 N–H and O–H groups in total. The van der Waals surface area contributed by atoms with Gasteiger partial charge in [0.15, 0.2) is 0 Å². The smallest absolute Gasteiger partial charge is 0.269 e. The first kappa shape index (κ1) is 14.0. The molecule has 1 aliphatic rings. The number of nitro groups is 1. The maximum atomic E-state index is 10.9. The van der Waals surface area contributed by atoms with Crippen molar-refractivity contribution in [3.63, 3.8) is 0 Å². The molecule has 0 bridgehead atoms. The highest BCUT2D eigenvalue weighted by Crippen LogP contribution is 2.34. The highest BCUT2D eigenvalue weighted by Gasteiger charge is 2.25. The van der Waals surface area contributed by atoms with Gasteiger partial charge < -0.3 is 5.73 Å². The molecule has 1 unspecified atom stereocenters. The van der Waals surface area contributed by atoms with Crippen molar-refractivity contribution < 1.29 is 4.92 Å². The van der Waals surface area contributed by atoms with Gasteiger partial charge in [-0.3, -0.25) is 15.0 Å². The number of nitrogens with two attached hydrogens (primary N) is 1. The first-order chi connectivity index (χ1) is 10.1. The van der Waals surface area contributed by atoms with E-state index in [4.69, 9.17) is 5.73 Å². The minimum atomic E-state index is -0.375. The first-order valence-electron chi connectivity index (χ1n) is 6.89. The summed E-state index contributed by atoms with van der Waals surface area (Å²) in [7, 11) is 0. The summed E-state index contributed by atoms with van der Waals surface area (Å²) in [5.74, 6) is 0. The number of thiophene rings is 1. The highest BCUT2D eigenvalue weighted by molar-refractivity contribution is 7.10. The van der Waals surface area contributed by atoms with Gasteiger partial charge in [-0.15, -0.1) is 11.3 Å². The van der Waals surface area contributed by atoms with Crippen molar-refractivity contribution in [3.05, 3.63) is 55.8 Å². The summed E-state index contributed by atoms with van der Waals surface area (Å²) in [6.07, 6.45) is 1.03. The Kier molecular flexibility index (Phi) is 3.65. The molecular formula is C15H17N3O2S. The molecule has 0 fully saturated rings. The van der Waals surface area contributed by atoms with Crippen LogP contribution in [-0.2, 0) is 13.0 Å². The Balaban J connectivity index is 1.84. The van der Waals surface area contributed by atoms with Crippen molar-refractivity contribution in [2.45, 2.75) is 25.9 Å². The molecule has 0 amide bonds. The molecule has 2 aromatic rings. The summed E-state index contributed by atoms with van der Waals surface area (Å²) in [6, 6.07) is 7.16. The van der Waals surface area contributed by atoms with E-state index in [0.717, 1.165) is 18.5 Å². The lowest BCUT2D eigenvalue weighted by atomic mass is 10.0. The zero-order chi connectivity index (χ0) is 15.0. The molecule has 1 aromatic heterocycles. The number of hydrogen-bond donors (Lipinski definition) is 1. The van der Waals surface area contributed by atoms with E-state index in [0.29, 0.717) is 18.3 Å². The van der Waals surface area contributed by atoms with Crippen molar-refractivity contribution in [2.24, 2.45) is 0 Å². The number of anilines is 1. The number of non-ortho nitro benzene ring substituents is 1. The molecule has 1 aromatic carbocycles. The molecular weight excluding hydrogens is 286 g/mol. The lowest BCUT2D eigenvalue weighted by Crippen LogP contribution is -2.32. The molecule has 0 aliphatic carbocycles. The summed E-state index contributed by atoms with van der Waals surface area (Å²) in [6.45, 7) is 3.78. The number of nitrogen functional groups attached to an aromatic ring is 1. The van der Waals surface area contributed by atoms with E-state index in [-0.39, 0.29) is 10.6 Å². The van der Waals surface area contributed by atoms with E-state index in [2.05, 4.69) is 23.3 Å². The SMILES string of the molecule is CC1c2ccsc2CCN1Cc1cc([N+](=O)[O-])ccc1N. The number of fused-ring (bicyclic) bond motifs is 1. The van der Waals surface area contributed by atoms with Gasteiger partial charge in [-0.1, -0.05) is 0 Å². The quantitative estimate of drug-likeness (QED) is 0.536. The average molecular weight is 303 g/mol. The Hall–Kier alpha value is -1.92. The second-order valence-electron chi connectivity index (χ2n) is 5.34. The molecule has 3 rings (SSSR count). The summed E-state index contributed by atoms with van der Waals surface area (Å²) < 4.78 is 0. The van der Waals surface area contributed by atoms with Crippen molar-refractivity contribution in [1.29, 1.82) is 0 Å². The molecule has 2 heterocycles. The van der Waals surface area contributed by atoms with Crippen LogP contribution in [0.25, 0.3) is 0 Å². The van der Waals surface area contributed by atoms with Crippen LogP contribution in [0.1, 0.15) is 29.0 Å². The van der Waals surface area contributed by atoms with Gasteiger partial charge in [0.2, 0.25) is 0 Å². The van der Waals surface area contributed by atoms with Crippen molar-refractivity contribution in [2.75, 3.05) is 12.3 Å². The normalized spacial score (nSPS) is 18.4. The van der Waals surface area contributed by atoms with Gasteiger partial charge in [0, 0.05) is 41.8 Å². The molecule has 21 heavy (non-hydrogen) atoms. The van der Waals surface area contributed by atoms with Gasteiger partial charge in [0.1, 0.15) is 0 Å². The predicted octanol–water partition coefficient (Wildman–Crippen LogP) is 3.36. The molecule has 0 saturated carbocycles. The third-order valence-corrected chi connectivity index (χ3v) is 5.11. The fraction of sp³-hybridized carbons (Fsp3) is 0.333. The summed E-state index contributed by atoms with van der Waals surface area (Å²) in [5, 5.41) is 13.0.